The quantitative estimate of drug-likeness (QED) is 0.610. The van der Waals surface area contributed by atoms with E-state index < -0.39 is 35.3 Å². The molecule has 1 heterocycles. The van der Waals surface area contributed by atoms with Crippen LogP contribution in [0.1, 0.15) is 19.6 Å². The number of halogens is 1. The number of nitrogens with zero attached hydrogens (tertiary/aromatic N) is 2. The highest BCUT2D eigenvalue weighted by Crippen LogP contribution is 2.14. The van der Waals surface area contributed by atoms with Crippen molar-refractivity contribution in [3.05, 3.63) is 32.9 Å². The van der Waals surface area contributed by atoms with Crippen molar-refractivity contribution >= 4 is 0 Å². The smallest absolute Gasteiger partial charge is 0.333 e. The second kappa shape index (κ2) is 6.09. The molecule has 1 aromatic rings. The van der Waals surface area contributed by atoms with Gasteiger partial charge in [0, 0.05) is 26.0 Å². The Morgan fingerprint density at radius 2 is 1.95 bits per heavy atom. The molecule has 1 rings (SSSR count). The summed E-state index contributed by atoms with van der Waals surface area (Å²) in [5, 5.41) is 28.3. The van der Waals surface area contributed by atoms with Crippen molar-refractivity contribution in [2.24, 2.45) is 13.0 Å². The summed E-state index contributed by atoms with van der Waals surface area (Å²) in [4.78, 5) is 22.8. The third kappa shape index (κ3) is 3.28. The summed E-state index contributed by atoms with van der Waals surface area (Å²) in [5.74, 6) is -1.67. The Balaban J connectivity index is 3.05. The van der Waals surface area contributed by atoms with E-state index in [4.69, 9.17) is 5.11 Å². The topological polar surface area (TPSA) is 105 Å². The lowest BCUT2D eigenvalue weighted by Gasteiger charge is -2.21. The van der Waals surface area contributed by atoms with Gasteiger partial charge in [-0.2, -0.15) is 4.39 Å². The Kier molecular flexibility index (Phi) is 4.98. The standard InChI is InChI=1S/C11H17FN2O5/c1-6(5-15)8(16)3-9(17)14-4-7(12)10(18)13(2)11(14)19/h4,6,8-9,15-17H,3,5H2,1-2H3. The molecule has 0 aliphatic heterocycles. The van der Waals surface area contributed by atoms with Crippen LogP contribution in [0.4, 0.5) is 4.39 Å². The van der Waals surface area contributed by atoms with E-state index in [9.17, 15) is 24.2 Å². The summed E-state index contributed by atoms with van der Waals surface area (Å²) in [6.07, 6.45) is -2.21. The van der Waals surface area contributed by atoms with Crippen LogP contribution in [0.15, 0.2) is 15.8 Å². The molecule has 0 aromatic carbocycles. The highest BCUT2D eigenvalue weighted by Gasteiger charge is 2.21. The number of aliphatic hydroxyl groups excluding tert-OH is 3. The number of hydrogen-bond donors (Lipinski definition) is 3. The first-order chi connectivity index (χ1) is 8.79. The Morgan fingerprint density at radius 3 is 2.47 bits per heavy atom. The van der Waals surface area contributed by atoms with Crippen molar-refractivity contribution < 1.29 is 19.7 Å². The van der Waals surface area contributed by atoms with Gasteiger partial charge in [-0.1, -0.05) is 6.92 Å². The van der Waals surface area contributed by atoms with Crippen molar-refractivity contribution in [2.75, 3.05) is 6.61 Å². The average molecular weight is 276 g/mol. The van der Waals surface area contributed by atoms with E-state index in [-0.39, 0.29) is 13.0 Å². The minimum atomic E-state index is -1.49. The van der Waals surface area contributed by atoms with Crippen LogP contribution < -0.4 is 11.2 Å². The summed E-state index contributed by atoms with van der Waals surface area (Å²) < 4.78 is 14.4. The number of rotatable bonds is 5. The summed E-state index contributed by atoms with van der Waals surface area (Å²) in [5.41, 5.74) is -1.97. The molecule has 8 heteroatoms. The summed E-state index contributed by atoms with van der Waals surface area (Å²) in [6.45, 7) is 1.27. The van der Waals surface area contributed by atoms with E-state index in [1.807, 2.05) is 0 Å². The molecule has 0 saturated carbocycles. The van der Waals surface area contributed by atoms with Crippen LogP contribution in [0.3, 0.4) is 0 Å². The van der Waals surface area contributed by atoms with E-state index in [1.54, 1.807) is 6.92 Å². The molecular weight excluding hydrogens is 259 g/mol. The molecule has 0 fully saturated rings. The third-order valence-electron chi connectivity index (χ3n) is 2.99. The lowest BCUT2D eigenvalue weighted by Crippen LogP contribution is -2.41. The Morgan fingerprint density at radius 1 is 1.37 bits per heavy atom. The predicted molar refractivity (Wildman–Crippen MR) is 64.0 cm³/mol. The zero-order valence-electron chi connectivity index (χ0n) is 10.7. The SMILES string of the molecule is CC(CO)C(O)CC(O)n1cc(F)c(=O)n(C)c1=O. The molecular formula is C11H17FN2O5. The first-order valence-corrected chi connectivity index (χ1v) is 5.74. The molecule has 7 nitrogen and oxygen atoms in total. The van der Waals surface area contributed by atoms with Gasteiger partial charge in [0.15, 0.2) is 0 Å². The van der Waals surface area contributed by atoms with E-state index in [2.05, 4.69) is 0 Å². The molecule has 0 bridgehead atoms. The number of aliphatic hydroxyl groups is 3. The van der Waals surface area contributed by atoms with Crippen LogP contribution in [0.5, 0.6) is 0 Å². The van der Waals surface area contributed by atoms with Crippen molar-refractivity contribution in [2.45, 2.75) is 25.7 Å². The highest BCUT2D eigenvalue weighted by atomic mass is 19.1. The van der Waals surface area contributed by atoms with Crippen molar-refractivity contribution in [3.63, 3.8) is 0 Å². The largest absolute Gasteiger partial charge is 0.396 e. The van der Waals surface area contributed by atoms with E-state index in [0.717, 1.165) is 7.05 Å². The molecule has 0 aliphatic carbocycles. The molecule has 1 aromatic heterocycles. The number of aromatic nitrogens is 2. The summed E-state index contributed by atoms with van der Waals surface area (Å²) in [7, 11) is 1.09. The van der Waals surface area contributed by atoms with Crippen LogP contribution in [0.25, 0.3) is 0 Å². The van der Waals surface area contributed by atoms with E-state index >= 15 is 0 Å². The normalized spacial score (nSPS) is 16.1. The van der Waals surface area contributed by atoms with E-state index in [0.29, 0.717) is 15.3 Å². The van der Waals surface area contributed by atoms with Crippen molar-refractivity contribution in [3.8, 4) is 0 Å². The molecule has 3 atom stereocenters. The fourth-order valence-corrected chi connectivity index (χ4v) is 1.55. The van der Waals surface area contributed by atoms with Gasteiger partial charge in [-0.3, -0.25) is 13.9 Å². The van der Waals surface area contributed by atoms with Crippen LogP contribution in [0, 0.1) is 11.7 Å². The zero-order valence-corrected chi connectivity index (χ0v) is 10.7. The first-order valence-electron chi connectivity index (χ1n) is 5.74. The van der Waals surface area contributed by atoms with Crippen LogP contribution >= 0.6 is 0 Å². The maximum Gasteiger partial charge on any atom is 0.333 e. The van der Waals surface area contributed by atoms with Gasteiger partial charge >= 0.3 is 5.69 Å². The van der Waals surface area contributed by atoms with E-state index in [1.165, 1.54) is 0 Å². The fourth-order valence-electron chi connectivity index (χ4n) is 1.55. The van der Waals surface area contributed by atoms with Gasteiger partial charge in [0.1, 0.15) is 6.23 Å². The minimum Gasteiger partial charge on any atom is -0.396 e. The fraction of sp³-hybridized carbons (Fsp3) is 0.636. The molecule has 0 aliphatic rings. The Hall–Kier alpha value is -1.51. The number of hydrogen-bond acceptors (Lipinski definition) is 5. The van der Waals surface area contributed by atoms with Crippen LogP contribution in [-0.2, 0) is 7.05 Å². The lowest BCUT2D eigenvalue weighted by molar-refractivity contribution is -0.00138. The molecule has 0 radical (unpaired) electrons. The third-order valence-corrected chi connectivity index (χ3v) is 2.99. The minimum absolute atomic E-state index is 0.265. The molecule has 3 unspecified atom stereocenters. The molecule has 0 saturated heterocycles. The van der Waals surface area contributed by atoms with Crippen LogP contribution in [0.2, 0.25) is 0 Å². The zero-order chi connectivity index (χ0) is 14.7. The molecule has 0 spiro atoms. The van der Waals surface area contributed by atoms with Gasteiger partial charge in [0.25, 0.3) is 5.56 Å². The van der Waals surface area contributed by atoms with Gasteiger partial charge in [0.05, 0.1) is 12.3 Å². The molecule has 3 N–H and O–H groups in total. The summed E-state index contributed by atoms with van der Waals surface area (Å²) in [6, 6.07) is 0. The Bertz CT molecular complexity index is 553. The van der Waals surface area contributed by atoms with Gasteiger partial charge in [-0.15, -0.1) is 0 Å². The first kappa shape index (κ1) is 15.5. The predicted octanol–water partition coefficient (Wildman–Crippen LogP) is -1.44. The van der Waals surface area contributed by atoms with Crippen molar-refractivity contribution in [1.29, 1.82) is 0 Å². The van der Waals surface area contributed by atoms with Gasteiger partial charge in [0.2, 0.25) is 5.82 Å². The molecule has 19 heavy (non-hydrogen) atoms. The maximum atomic E-state index is 13.2. The van der Waals surface area contributed by atoms with Gasteiger partial charge < -0.3 is 15.3 Å². The Labute approximate surface area is 108 Å². The van der Waals surface area contributed by atoms with Gasteiger partial charge in [-0.05, 0) is 0 Å². The molecule has 0 amide bonds. The second-order valence-electron chi connectivity index (χ2n) is 4.47. The average Bonchev–Trinajstić information content (AvgIpc) is 2.39. The summed E-state index contributed by atoms with van der Waals surface area (Å²) >= 11 is 0. The van der Waals surface area contributed by atoms with Gasteiger partial charge in [-0.25, -0.2) is 4.79 Å². The van der Waals surface area contributed by atoms with Crippen LogP contribution in [-0.4, -0.2) is 37.2 Å². The van der Waals surface area contributed by atoms with Crippen molar-refractivity contribution in [1.82, 2.24) is 9.13 Å². The molecule has 108 valence electrons. The maximum absolute atomic E-state index is 13.2. The monoisotopic (exact) mass is 276 g/mol. The second-order valence-corrected chi connectivity index (χ2v) is 4.47. The highest BCUT2D eigenvalue weighted by molar-refractivity contribution is 4.90. The lowest BCUT2D eigenvalue weighted by atomic mass is 10.0.